The van der Waals surface area contributed by atoms with Crippen molar-refractivity contribution >= 4 is 22.5 Å². The highest BCUT2D eigenvalue weighted by atomic mass is 16.7. The van der Waals surface area contributed by atoms with Crippen molar-refractivity contribution in [1.29, 1.82) is 0 Å². The van der Waals surface area contributed by atoms with Gasteiger partial charge in [-0.05, 0) is 61.1 Å². The molecule has 26 heavy (non-hydrogen) atoms. The van der Waals surface area contributed by atoms with Crippen molar-refractivity contribution < 1.29 is 14.3 Å². The maximum absolute atomic E-state index is 12.7. The molecule has 0 bridgehead atoms. The number of aryl methyl sites for hydroxylation is 1. The average molecular weight is 348 g/mol. The maximum Gasteiger partial charge on any atom is 0.255 e. The second-order valence-corrected chi connectivity index (χ2v) is 7.21. The summed E-state index contributed by atoms with van der Waals surface area (Å²) in [5, 5.41) is 4.12. The Kier molecular flexibility index (Phi) is 3.42. The first-order chi connectivity index (χ1) is 12.7. The summed E-state index contributed by atoms with van der Waals surface area (Å²) in [5.41, 5.74) is 5.17. The molecule has 1 aliphatic carbocycles. The van der Waals surface area contributed by atoms with Crippen molar-refractivity contribution in [3.63, 3.8) is 0 Å². The molecular formula is C21H20N2O3. The Balaban J connectivity index is 1.45. The largest absolute Gasteiger partial charge is 0.454 e. The van der Waals surface area contributed by atoms with E-state index in [-0.39, 0.29) is 12.7 Å². The highest BCUT2D eigenvalue weighted by molar-refractivity contribution is 6.06. The van der Waals surface area contributed by atoms with E-state index in [1.54, 1.807) is 6.07 Å². The Labute approximate surface area is 151 Å². The zero-order chi connectivity index (χ0) is 17.7. The molecule has 5 rings (SSSR count). The topological polar surface area (TPSA) is 63.4 Å². The second kappa shape index (κ2) is 5.80. The fraction of sp³-hybridized carbons (Fsp3) is 0.286. The number of aromatic amines is 1. The van der Waals surface area contributed by atoms with Gasteiger partial charge in [0.05, 0.1) is 0 Å². The summed E-state index contributed by atoms with van der Waals surface area (Å²) >= 11 is 0. The van der Waals surface area contributed by atoms with Crippen LogP contribution < -0.4 is 14.8 Å². The van der Waals surface area contributed by atoms with Crippen LogP contribution in [0, 0.1) is 5.92 Å². The normalized spacial score (nSPS) is 18.0. The van der Waals surface area contributed by atoms with Crippen molar-refractivity contribution in [2.45, 2.75) is 26.2 Å². The van der Waals surface area contributed by atoms with Gasteiger partial charge in [-0.3, -0.25) is 4.79 Å². The zero-order valence-corrected chi connectivity index (χ0v) is 14.6. The fourth-order valence-corrected chi connectivity index (χ4v) is 3.91. The van der Waals surface area contributed by atoms with Crippen LogP contribution in [0.2, 0.25) is 0 Å². The van der Waals surface area contributed by atoms with Crippen LogP contribution >= 0.6 is 0 Å². The summed E-state index contributed by atoms with van der Waals surface area (Å²) in [6.45, 7) is 2.51. The Hall–Kier alpha value is -2.95. The Morgan fingerprint density at radius 3 is 2.96 bits per heavy atom. The lowest BCUT2D eigenvalue weighted by Crippen LogP contribution is -2.12. The molecule has 1 atom stereocenters. The van der Waals surface area contributed by atoms with Gasteiger partial charge in [-0.1, -0.05) is 6.92 Å². The van der Waals surface area contributed by atoms with E-state index in [0.29, 0.717) is 28.7 Å². The van der Waals surface area contributed by atoms with Crippen LogP contribution in [0.25, 0.3) is 10.9 Å². The van der Waals surface area contributed by atoms with Gasteiger partial charge in [-0.25, -0.2) is 0 Å². The van der Waals surface area contributed by atoms with E-state index in [1.165, 1.54) is 23.1 Å². The van der Waals surface area contributed by atoms with Gasteiger partial charge in [0, 0.05) is 33.9 Å². The van der Waals surface area contributed by atoms with Crippen molar-refractivity contribution in [2.75, 3.05) is 12.1 Å². The van der Waals surface area contributed by atoms with Gasteiger partial charge in [0.25, 0.3) is 5.91 Å². The van der Waals surface area contributed by atoms with Gasteiger partial charge in [-0.2, -0.15) is 0 Å². The number of carbonyl (C=O) groups excluding carboxylic acids is 1. The summed E-state index contributed by atoms with van der Waals surface area (Å²) in [5.74, 6) is 1.93. The van der Waals surface area contributed by atoms with E-state index in [1.807, 2.05) is 30.3 Å². The molecule has 3 aromatic rings. The first-order valence-electron chi connectivity index (χ1n) is 9.02. The van der Waals surface area contributed by atoms with Crippen LogP contribution in [0.1, 0.15) is 35.0 Å². The molecule has 2 aromatic carbocycles. The summed E-state index contributed by atoms with van der Waals surface area (Å²) in [6, 6.07) is 11.3. The Bertz CT molecular complexity index is 1020. The standard InChI is InChI=1S/C21H20N2O3/c1-12-2-5-17-15(8-12)16-9-13(3-6-18(16)23-17)21(24)22-14-4-7-19-20(10-14)26-11-25-19/h3-4,6-7,9-10,12,23H,2,5,8,11H2,1H3,(H,22,24)/t12-/m1/s1. The summed E-state index contributed by atoms with van der Waals surface area (Å²) < 4.78 is 10.7. The van der Waals surface area contributed by atoms with Gasteiger partial charge in [0.15, 0.2) is 11.5 Å². The number of anilines is 1. The molecule has 5 heteroatoms. The van der Waals surface area contributed by atoms with Gasteiger partial charge in [0.2, 0.25) is 6.79 Å². The third kappa shape index (κ3) is 2.51. The molecule has 2 heterocycles. The number of ether oxygens (including phenoxy) is 2. The molecule has 1 aliphatic heterocycles. The van der Waals surface area contributed by atoms with Crippen molar-refractivity contribution in [3.05, 3.63) is 53.2 Å². The van der Waals surface area contributed by atoms with Crippen molar-refractivity contribution in [2.24, 2.45) is 5.92 Å². The van der Waals surface area contributed by atoms with Crippen LogP contribution in [0.3, 0.4) is 0 Å². The highest BCUT2D eigenvalue weighted by Gasteiger charge is 2.21. The predicted octanol–water partition coefficient (Wildman–Crippen LogP) is 4.27. The number of carbonyl (C=O) groups is 1. The van der Waals surface area contributed by atoms with Gasteiger partial charge in [-0.15, -0.1) is 0 Å². The second-order valence-electron chi connectivity index (χ2n) is 7.21. The van der Waals surface area contributed by atoms with Gasteiger partial charge >= 0.3 is 0 Å². The molecule has 1 amide bonds. The van der Waals surface area contributed by atoms with E-state index in [2.05, 4.69) is 17.2 Å². The number of nitrogens with one attached hydrogen (secondary N) is 2. The number of fused-ring (bicyclic) bond motifs is 4. The number of hydrogen-bond donors (Lipinski definition) is 2. The van der Waals surface area contributed by atoms with Gasteiger partial charge < -0.3 is 19.8 Å². The molecule has 1 aromatic heterocycles. The number of aromatic nitrogens is 1. The third-order valence-electron chi connectivity index (χ3n) is 5.33. The first-order valence-corrected chi connectivity index (χ1v) is 9.02. The molecule has 0 unspecified atom stereocenters. The lowest BCUT2D eigenvalue weighted by atomic mass is 9.87. The summed E-state index contributed by atoms with van der Waals surface area (Å²) in [6.07, 6.45) is 3.38. The van der Waals surface area contributed by atoms with Crippen molar-refractivity contribution in [3.8, 4) is 11.5 Å². The molecule has 0 saturated heterocycles. The molecule has 5 nitrogen and oxygen atoms in total. The quantitative estimate of drug-likeness (QED) is 0.727. The minimum absolute atomic E-state index is 0.121. The van der Waals surface area contributed by atoms with E-state index >= 15 is 0 Å². The summed E-state index contributed by atoms with van der Waals surface area (Å²) in [7, 11) is 0. The van der Waals surface area contributed by atoms with Crippen LogP contribution in [-0.4, -0.2) is 17.7 Å². The Morgan fingerprint density at radius 1 is 1.15 bits per heavy atom. The fourth-order valence-electron chi connectivity index (χ4n) is 3.91. The van der Waals surface area contributed by atoms with E-state index in [9.17, 15) is 4.79 Å². The summed E-state index contributed by atoms with van der Waals surface area (Å²) in [4.78, 5) is 16.2. The number of rotatable bonds is 2. The number of amides is 1. The smallest absolute Gasteiger partial charge is 0.255 e. The average Bonchev–Trinajstić information content (AvgIpc) is 3.24. The van der Waals surface area contributed by atoms with E-state index in [0.717, 1.165) is 18.4 Å². The van der Waals surface area contributed by atoms with Crippen molar-refractivity contribution in [1.82, 2.24) is 4.98 Å². The third-order valence-corrected chi connectivity index (χ3v) is 5.33. The Morgan fingerprint density at radius 2 is 2.04 bits per heavy atom. The van der Waals surface area contributed by atoms with Crippen LogP contribution in [0.15, 0.2) is 36.4 Å². The van der Waals surface area contributed by atoms with Crippen LogP contribution in [0.4, 0.5) is 5.69 Å². The molecule has 132 valence electrons. The van der Waals surface area contributed by atoms with Gasteiger partial charge in [0.1, 0.15) is 0 Å². The maximum atomic E-state index is 12.7. The van der Waals surface area contributed by atoms with Crippen LogP contribution in [0.5, 0.6) is 11.5 Å². The van der Waals surface area contributed by atoms with E-state index in [4.69, 9.17) is 9.47 Å². The molecule has 2 aliphatic rings. The lowest BCUT2D eigenvalue weighted by Gasteiger charge is -2.18. The molecule has 0 radical (unpaired) electrons. The predicted molar refractivity (Wildman–Crippen MR) is 100 cm³/mol. The van der Waals surface area contributed by atoms with Crippen LogP contribution in [-0.2, 0) is 12.8 Å². The number of benzene rings is 2. The minimum Gasteiger partial charge on any atom is -0.454 e. The molecule has 0 fully saturated rings. The molecular weight excluding hydrogens is 328 g/mol. The lowest BCUT2D eigenvalue weighted by molar-refractivity contribution is 0.102. The molecule has 2 N–H and O–H groups in total. The number of hydrogen-bond acceptors (Lipinski definition) is 3. The number of H-pyrrole nitrogens is 1. The molecule has 0 spiro atoms. The molecule has 0 saturated carbocycles. The van der Waals surface area contributed by atoms with E-state index < -0.39 is 0 Å². The highest BCUT2D eigenvalue weighted by Crippen LogP contribution is 2.35. The zero-order valence-electron chi connectivity index (χ0n) is 14.6. The SMILES string of the molecule is C[C@@H]1CCc2[nH]c3ccc(C(=O)Nc4ccc5c(c4)OCO5)cc3c2C1. The minimum atomic E-state index is -0.121. The first kappa shape index (κ1) is 15.3. The monoisotopic (exact) mass is 348 g/mol.